The maximum atomic E-state index is 14.1. The van der Waals surface area contributed by atoms with Gasteiger partial charge in [-0.1, -0.05) is 6.92 Å². The molecule has 1 rings (SSSR count). The Morgan fingerprint density at radius 2 is 2.00 bits per heavy atom. The van der Waals surface area contributed by atoms with Crippen molar-refractivity contribution in [1.29, 1.82) is 0 Å². The average molecular weight is 322 g/mol. The lowest BCUT2D eigenvalue weighted by atomic mass is 10.0. The Morgan fingerprint density at radius 1 is 1.33 bits per heavy atom. The van der Waals surface area contributed by atoms with Crippen LogP contribution in [0.3, 0.4) is 0 Å². The van der Waals surface area contributed by atoms with Crippen molar-refractivity contribution in [2.24, 2.45) is 0 Å². The van der Waals surface area contributed by atoms with Crippen LogP contribution in [-0.2, 0) is 4.74 Å². The lowest BCUT2D eigenvalue weighted by Crippen LogP contribution is -2.33. The van der Waals surface area contributed by atoms with Gasteiger partial charge in [-0.25, -0.2) is 8.78 Å². The first kappa shape index (κ1) is 15.5. The maximum Gasteiger partial charge on any atom is 0.145 e. The zero-order valence-corrected chi connectivity index (χ0v) is 12.4. The van der Waals surface area contributed by atoms with Gasteiger partial charge in [0, 0.05) is 12.2 Å². The fourth-order valence-corrected chi connectivity index (χ4v) is 2.26. The second-order valence-corrected chi connectivity index (χ2v) is 4.81. The molecule has 0 aromatic heterocycles. The number of rotatable bonds is 6. The Labute approximate surface area is 115 Å². The Morgan fingerprint density at radius 3 is 2.56 bits per heavy atom. The minimum absolute atomic E-state index is 0.0205. The molecule has 0 aliphatic carbocycles. The molecule has 1 N–H and O–H groups in total. The Bertz CT molecular complexity index is 401. The molecule has 0 fully saturated rings. The number of halogens is 3. The molecule has 0 heterocycles. The van der Waals surface area contributed by atoms with Gasteiger partial charge in [-0.2, -0.15) is 0 Å². The molecule has 2 nitrogen and oxygen atoms in total. The van der Waals surface area contributed by atoms with E-state index in [1.807, 2.05) is 13.8 Å². The topological polar surface area (TPSA) is 21.3 Å². The summed E-state index contributed by atoms with van der Waals surface area (Å²) in [5, 5.41) is 3.07. The molecule has 0 saturated heterocycles. The fourth-order valence-electron chi connectivity index (χ4n) is 1.91. The van der Waals surface area contributed by atoms with Crippen molar-refractivity contribution in [1.82, 2.24) is 5.32 Å². The minimum Gasteiger partial charge on any atom is -0.377 e. The normalized spacial score (nSPS) is 14.6. The van der Waals surface area contributed by atoms with E-state index in [9.17, 15) is 8.78 Å². The number of hydrogen-bond donors (Lipinski definition) is 1. The van der Waals surface area contributed by atoms with Crippen molar-refractivity contribution >= 4 is 15.9 Å². The van der Waals surface area contributed by atoms with Gasteiger partial charge < -0.3 is 10.1 Å². The van der Waals surface area contributed by atoms with Crippen LogP contribution in [0.15, 0.2) is 16.6 Å². The van der Waals surface area contributed by atoms with Crippen molar-refractivity contribution < 1.29 is 13.5 Å². The van der Waals surface area contributed by atoms with E-state index in [1.165, 1.54) is 12.1 Å². The van der Waals surface area contributed by atoms with Crippen LogP contribution < -0.4 is 5.32 Å². The molecule has 0 aliphatic rings. The van der Waals surface area contributed by atoms with Crippen molar-refractivity contribution in [2.75, 3.05) is 13.2 Å². The minimum atomic E-state index is -0.576. The van der Waals surface area contributed by atoms with Crippen molar-refractivity contribution in [2.45, 2.75) is 32.9 Å². The van der Waals surface area contributed by atoms with E-state index in [-0.39, 0.29) is 16.1 Å². The molecule has 0 radical (unpaired) electrons. The standard InChI is InChI=1S/C13H18BrF2NO/c1-4-17-13(8(3)18-5-2)11-10(15)7-6-9(14)12(11)16/h6-8,13,17H,4-5H2,1-3H3. The monoisotopic (exact) mass is 321 g/mol. The molecule has 0 bridgehead atoms. The van der Waals surface area contributed by atoms with E-state index >= 15 is 0 Å². The van der Waals surface area contributed by atoms with Crippen LogP contribution in [0.2, 0.25) is 0 Å². The van der Waals surface area contributed by atoms with Crippen molar-refractivity contribution in [3.05, 3.63) is 33.8 Å². The van der Waals surface area contributed by atoms with Gasteiger partial charge in [0.05, 0.1) is 16.6 Å². The van der Waals surface area contributed by atoms with Crippen LogP contribution >= 0.6 is 15.9 Å². The average Bonchev–Trinajstić information content (AvgIpc) is 2.33. The molecule has 2 atom stereocenters. The molecule has 18 heavy (non-hydrogen) atoms. The summed E-state index contributed by atoms with van der Waals surface area (Å²) < 4.78 is 33.6. The molecule has 0 spiro atoms. The van der Waals surface area contributed by atoms with Crippen LogP contribution in [0.5, 0.6) is 0 Å². The van der Waals surface area contributed by atoms with Gasteiger partial charge in [0.15, 0.2) is 0 Å². The molecule has 1 aromatic carbocycles. The van der Waals surface area contributed by atoms with Gasteiger partial charge >= 0.3 is 0 Å². The molecule has 1 aromatic rings. The van der Waals surface area contributed by atoms with Gasteiger partial charge in [0.25, 0.3) is 0 Å². The SMILES string of the molecule is CCNC(c1c(F)ccc(Br)c1F)C(C)OCC. The van der Waals surface area contributed by atoms with E-state index in [2.05, 4.69) is 21.2 Å². The van der Waals surface area contributed by atoms with Gasteiger partial charge in [-0.05, 0) is 48.5 Å². The second-order valence-electron chi connectivity index (χ2n) is 3.95. The first-order chi connectivity index (χ1) is 8.52. The molecule has 102 valence electrons. The highest BCUT2D eigenvalue weighted by Crippen LogP contribution is 2.29. The Kier molecular flexibility index (Phi) is 6.18. The molecule has 2 unspecified atom stereocenters. The number of hydrogen-bond acceptors (Lipinski definition) is 2. The first-order valence-electron chi connectivity index (χ1n) is 6.01. The van der Waals surface area contributed by atoms with Crippen LogP contribution in [0, 0.1) is 11.6 Å². The highest BCUT2D eigenvalue weighted by atomic mass is 79.9. The smallest absolute Gasteiger partial charge is 0.145 e. The van der Waals surface area contributed by atoms with Gasteiger partial charge in [0.1, 0.15) is 11.6 Å². The van der Waals surface area contributed by atoms with Gasteiger partial charge in [-0.3, -0.25) is 0 Å². The third-order valence-corrected chi connectivity index (χ3v) is 3.33. The summed E-state index contributed by atoms with van der Waals surface area (Å²) in [7, 11) is 0. The van der Waals surface area contributed by atoms with Crippen molar-refractivity contribution in [3.8, 4) is 0 Å². The Balaban J connectivity index is 3.16. The zero-order chi connectivity index (χ0) is 13.7. The van der Waals surface area contributed by atoms with E-state index in [1.54, 1.807) is 6.92 Å². The lowest BCUT2D eigenvalue weighted by Gasteiger charge is -2.26. The lowest BCUT2D eigenvalue weighted by molar-refractivity contribution is 0.0456. The number of likely N-dealkylation sites (N-methyl/N-ethyl adjacent to an activating group) is 1. The molecule has 0 amide bonds. The van der Waals surface area contributed by atoms with Crippen LogP contribution in [0.4, 0.5) is 8.78 Å². The highest BCUT2D eigenvalue weighted by molar-refractivity contribution is 9.10. The number of benzene rings is 1. The molecule has 5 heteroatoms. The quantitative estimate of drug-likeness (QED) is 0.805. The summed E-state index contributed by atoms with van der Waals surface area (Å²) >= 11 is 3.08. The van der Waals surface area contributed by atoms with E-state index in [0.29, 0.717) is 13.2 Å². The summed E-state index contributed by atoms with van der Waals surface area (Å²) in [4.78, 5) is 0. The summed E-state index contributed by atoms with van der Waals surface area (Å²) in [6.45, 7) is 6.65. The zero-order valence-electron chi connectivity index (χ0n) is 10.8. The van der Waals surface area contributed by atoms with E-state index < -0.39 is 17.7 Å². The summed E-state index contributed by atoms with van der Waals surface area (Å²) in [6.07, 6.45) is -0.312. The second kappa shape index (κ2) is 7.16. The first-order valence-corrected chi connectivity index (χ1v) is 6.80. The summed E-state index contributed by atoms with van der Waals surface area (Å²) in [6, 6.07) is 2.11. The van der Waals surface area contributed by atoms with Crippen LogP contribution in [-0.4, -0.2) is 19.3 Å². The largest absolute Gasteiger partial charge is 0.377 e. The maximum absolute atomic E-state index is 14.1. The van der Waals surface area contributed by atoms with Gasteiger partial charge in [-0.15, -0.1) is 0 Å². The predicted octanol–water partition coefficient (Wildman–Crippen LogP) is 3.80. The van der Waals surface area contributed by atoms with E-state index in [0.717, 1.165) is 0 Å². The molecular weight excluding hydrogens is 304 g/mol. The summed E-state index contributed by atoms with van der Waals surface area (Å²) in [5.41, 5.74) is 0.0205. The molecule has 0 saturated carbocycles. The highest BCUT2D eigenvalue weighted by Gasteiger charge is 2.26. The summed E-state index contributed by atoms with van der Waals surface area (Å²) in [5.74, 6) is -1.14. The van der Waals surface area contributed by atoms with Crippen LogP contribution in [0.25, 0.3) is 0 Å². The Hall–Kier alpha value is -0.520. The number of ether oxygens (including phenoxy) is 1. The van der Waals surface area contributed by atoms with Crippen LogP contribution in [0.1, 0.15) is 32.4 Å². The molecular formula is C13H18BrF2NO. The van der Waals surface area contributed by atoms with Gasteiger partial charge in [0.2, 0.25) is 0 Å². The predicted molar refractivity (Wildman–Crippen MR) is 71.6 cm³/mol. The fraction of sp³-hybridized carbons (Fsp3) is 0.538. The third kappa shape index (κ3) is 3.49. The third-order valence-electron chi connectivity index (χ3n) is 2.71. The number of nitrogens with one attached hydrogen (secondary N) is 1. The van der Waals surface area contributed by atoms with Crippen molar-refractivity contribution in [3.63, 3.8) is 0 Å². The molecule has 0 aliphatic heterocycles. The van der Waals surface area contributed by atoms with E-state index in [4.69, 9.17) is 4.74 Å².